The molecule has 2 saturated heterocycles. The Labute approximate surface area is 284 Å². The molecule has 0 aromatic heterocycles. The van der Waals surface area contributed by atoms with Crippen molar-refractivity contribution in [3.8, 4) is 0 Å². The Kier molecular flexibility index (Phi) is 17.3. The van der Waals surface area contributed by atoms with E-state index in [-0.39, 0.29) is 16.6 Å². The summed E-state index contributed by atoms with van der Waals surface area (Å²) in [5.41, 5.74) is 12.5. The fourth-order valence-electron chi connectivity index (χ4n) is 5.55. The molecule has 0 aromatic rings. The van der Waals surface area contributed by atoms with E-state index in [1.807, 2.05) is 34.2 Å². The van der Waals surface area contributed by atoms with E-state index in [1.54, 1.807) is 0 Å². The lowest BCUT2D eigenvalue weighted by atomic mass is 10.4. The van der Waals surface area contributed by atoms with Gasteiger partial charge in [-0.25, -0.2) is 0 Å². The highest BCUT2D eigenvalue weighted by molar-refractivity contribution is 7.00. The normalized spacial score (nSPS) is 34.9. The van der Waals surface area contributed by atoms with Gasteiger partial charge in [0.15, 0.2) is 0 Å². The molecule has 6 nitrogen and oxygen atoms in total. The molecule has 0 radical (unpaired) electrons. The van der Waals surface area contributed by atoms with Gasteiger partial charge in [0.25, 0.3) is 0 Å². The van der Waals surface area contributed by atoms with Crippen LogP contribution < -0.4 is 0 Å². The van der Waals surface area contributed by atoms with Crippen LogP contribution in [0.25, 0.3) is 0 Å². The molecule has 0 saturated carbocycles. The molecule has 0 amide bonds. The molecule has 0 unspecified atom stereocenters. The minimum Gasteiger partial charge on any atom is -0.409 e. The summed E-state index contributed by atoms with van der Waals surface area (Å²) in [6, 6.07) is 2.87. The minimum atomic E-state index is -2.55. The molecule has 258 valence electrons. The van der Waals surface area contributed by atoms with Crippen molar-refractivity contribution in [1.82, 2.24) is 0 Å². The van der Waals surface area contributed by atoms with Gasteiger partial charge in [0, 0.05) is 0 Å². The summed E-state index contributed by atoms with van der Waals surface area (Å²) in [7, 11) is -15.1. The van der Waals surface area contributed by atoms with Crippen molar-refractivity contribution >= 4 is 51.4 Å². The predicted molar refractivity (Wildman–Crippen MR) is 207 cm³/mol. The fraction of sp³-hybridized carbons (Fsp3) is 0.636. The molecule has 0 atom stereocenters. The molecule has 45 heavy (non-hydrogen) atoms. The van der Waals surface area contributed by atoms with Crippen LogP contribution in [0.3, 0.4) is 0 Å². The highest BCUT2D eigenvalue weighted by Gasteiger charge is 2.63. The number of rotatable bonds is 18. The zero-order chi connectivity index (χ0) is 34.6. The highest BCUT2D eigenvalue weighted by atomic mass is 28.5. The first-order valence-corrected chi connectivity index (χ1v) is 29.4. The maximum Gasteiger partial charge on any atom is 0.349 e. The van der Waals surface area contributed by atoms with Gasteiger partial charge in [-0.2, -0.15) is 0 Å². The summed E-state index contributed by atoms with van der Waals surface area (Å²) >= 11 is 0. The highest BCUT2D eigenvalue weighted by Crippen LogP contribution is 2.46. The van der Waals surface area contributed by atoms with Gasteiger partial charge in [-0.15, -0.1) is 39.5 Å². The van der Waals surface area contributed by atoms with Gasteiger partial charge in [0.1, 0.15) is 0 Å². The molecule has 2 heterocycles. The van der Waals surface area contributed by atoms with E-state index in [1.165, 1.54) is 0 Å². The standard InChI is InChI=1S/C18H36O3Si3.C15H30O3Si3/c1-7-13-16-22(10-4)19-23(11-5,17-14-8-2)21-24(12-6,20-22)18-15-9-3;1-10-19(13(4)5)16-20(11-2,14(6)7)18-21(12-3,17-19)15(8)9/h10-12H,4-9,13-18H2,1-3H3;10-15H,1-3H2,4-9H3. The second-order valence-electron chi connectivity index (χ2n) is 13.2. The molecule has 0 bridgehead atoms. The Bertz CT molecular complexity index is 865. The Morgan fingerprint density at radius 1 is 0.400 bits per heavy atom. The zero-order valence-electron chi connectivity index (χ0n) is 30.3. The lowest BCUT2D eigenvalue weighted by Crippen LogP contribution is -2.71. The number of hydrogen-bond donors (Lipinski definition) is 0. The lowest BCUT2D eigenvalue weighted by molar-refractivity contribution is 0.217. The third-order valence-corrected chi connectivity index (χ3v) is 36.3. The Morgan fingerprint density at radius 2 is 0.622 bits per heavy atom. The first-order chi connectivity index (χ1) is 21.1. The lowest BCUT2D eigenvalue weighted by Gasteiger charge is -2.54. The maximum absolute atomic E-state index is 6.69. The third kappa shape index (κ3) is 10.0. The summed E-state index contributed by atoms with van der Waals surface area (Å²) < 4.78 is 39.8. The second-order valence-corrected chi connectivity index (χ2v) is 34.7. The van der Waals surface area contributed by atoms with Crippen LogP contribution in [0.5, 0.6) is 0 Å². The average molecular weight is 727 g/mol. The van der Waals surface area contributed by atoms with E-state index >= 15 is 0 Å². The molecule has 0 spiro atoms. The second kappa shape index (κ2) is 18.3. The summed E-state index contributed by atoms with van der Waals surface area (Å²) in [5, 5.41) is 0. The molecule has 2 rings (SSSR count). The van der Waals surface area contributed by atoms with E-state index in [4.69, 9.17) is 24.7 Å². The van der Waals surface area contributed by atoms with Crippen LogP contribution in [-0.2, 0) is 24.7 Å². The predicted octanol–water partition coefficient (Wildman–Crippen LogP) is 10.7. The van der Waals surface area contributed by atoms with E-state index < -0.39 is 51.4 Å². The summed E-state index contributed by atoms with van der Waals surface area (Å²) in [6.07, 6.45) is 6.69. The summed E-state index contributed by atoms with van der Waals surface area (Å²) in [6.45, 7) is 43.9. The fourth-order valence-corrected chi connectivity index (χ4v) is 38.5. The zero-order valence-corrected chi connectivity index (χ0v) is 36.3. The molecular weight excluding hydrogens is 661 g/mol. The molecule has 0 N–H and O–H groups in total. The van der Waals surface area contributed by atoms with Crippen LogP contribution in [0.2, 0.25) is 34.8 Å². The summed E-state index contributed by atoms with van der Waals surface area (Å²) in [4.78, 5) is 0. The topological polar surface area (TPSA) is 55.4 Å². The molecule has 0 aromatic carbocycles. The van der Waals surface area contributed by atoms with Crippen molar-refractivity contribution in [3.05, 3.63) is 73.7 Å². The van der Waals surface area contributed by atoms with Gasteiger partial charge in [-0.1, -0.05) is 135 Å². The maximum atomic E-state index is 6.69. The first-order valence-electron chi connectivity index (χ1n) is 17.1. The van der Waals surface area contributed by atoms with E-state index in [0.29, 0.717) is 0 Å². The van der Waals surface area contributed by atoms with Crippen molar-refractivity contribution in [2.45, 2.75) is 136 Å². The number of hydrogen-bond acceptors (Lipinski definition) is 6. The summed E-state index contributed by atoms with van der Waals surface area (Å²) in [5.74, 6) is 0. The van der Waals surface area contributed by atoms with Gasteiger partial charge in [0.05, 0.1) is 0 Å². The van der Waals surface area contributed by atoms with E-state index in [9.17, 15) is 0 Å². The SMILES string of the molecule is C=C[Si]1(C(C)C)O[Si](C=C)(C(C)C)O[Si](C=C)(C(C)C)O1.C=C[Si]1(CCCC)O[Si](C=C)(CCCC)O[Si](C=C)(CCCC)O1. The largest absolute Gasteiger partial charge is 0.409 e. The van der Waals surface area contributed by atoms with Crippen LogP contribution in [0.4, 0.5) is 0 Å². The quantitative estimate of drug-likeness (QED) is 0.131. The molecule has 2 fully saturated rings. The van der Waals surface area contributed by atoms with Crippen molar-refractivity contribution in [2.24, 2.45) is 0 Å². The average Bonchev–Trinajstić information content (AvgIpc) is 3.04. The Balaban J connectivity index is 0.000000454. The van der Waals surface area contributed by atoms with Crippen molar-refractivity contribution in [1.29, 1.82) is 0 Å². The first kappa shape index (κ1) is 42.5. The van der Waals surface area contributed by atoms with Crippen LogP contribution in [-0.4, -0.2) is 51.4 Å². The Hall–Kier alpha value is -0.499. The van der Waals surface area contributed by atoms with Crippen LogP contribution in [0, 0.1) is 0 Å². The van der Waals surface area contributed by atoms with Gasteiger partial charge < -0.3 is 24.7 Å². The Morgan fingerprint density at radius 3 is 0.756 bits per heavy atom. The third-order valence-electron chi connectivity index (χ3n) is 8.83. The van der Waals surface area contributed by atoms with E-state index in [2.05, 4.69) is 102 Å². The molecule has 12 heteroatoms. The van der Waals surface area contributed by atoms with Gasteiger partial charge in [-0.3, -0.25) is 0 Å². The monoisotopic (exact) mass is 726 g/mol. The smallest absolute Gasteiger partial charge is 0.349 e. The van der Waals surface area contributed by atoms with E-state index in [0.717, 1.165) is 56.7 Å². The number of unbranched alkanes of at least 4 members (excludes halogenated alkanes) is 3. The minimum absolute atomic E-state index is 0.273. The van der Waals surface area contributed by atoms with Crippen LogP contribution in [0.1, 0.15) is 101 Å². The molecule has 0 aliphatic carbocycles. The molecule has 2 aliphatic rings. The van der Waals surface area contributed by atoms with Crippen molar-refractivity contribution < 1.29 is 24.7 Å². The van der Waals surface area contributed by atoms with Gasteiger partial charge >= 0.3 is 51.4 Å². The van der Waals surface area contributed by atoms with Crippen LogP contribution in [0.15, 0.2) is 73.7 Å². The van der Waals surface area contributed by atoms with Gasteiger partial charge in [0.2, 0.25) is 0 Å². The van der Waals surface area contributed by atoms with Gasteiger partial charge in [-0.05, 0) is 34.8 Å². The van der Waals surface area contributed by atoms with Crippen LogP contribution >= 0.6 is 0 Å². The van der Waals surface area contributed by atoms with Crippen molar-refractivity contribution in [2.75, 3.05) is 0 Å². The molecular formula is C33H66O6Si6. The molecule has 2 aliphatic heterocycles. The van der Waals surface area contributed by atoms with Crippen molar-refractivity contribution in [3.63, 3.8) is 0 Å².